The monoisotopic (exact) mass is 331 g/mol. The molecule has 3 heterocycles. The quantitative estimate of drug-likeness (QED) is 0.761. The minimum absolute atomic E-state index is 0.00483. The molecule has 1 aliphatic carbocycles. The first kappa shape index (κ1) is 15.2. The second-order valence-electron chi connectivity index (χ2n) is 7.10. The van der Waals surface area contributed by atoms with Crippen LogP contribution in [0.4, 0.5) is 4.79 Å². The number of fused-ring (bicyclic) bond motifs is 1. The summed E-state index contributed by atoms with van der Waals surface area (Å²) in [5.74, 6) is 0.632. The van der Waals surface area contributed by atoms with Gasteiger partial charge in [-0.2, -0.15) is 0 Å². The maximum Gasteiger partial charge on any atom is 0.325 e. The lowest BCUT2D eigenvalue weighted by Gasteiger charge is -2.25. The number of carbonyl (C=O) groups is 3. The summed E-state index contributed by atoms with van der Waals surface area (Å²) in [6.45, 7) is 2.20. The molecule has 2 N–H and O–H groups in total. The van der Waals surface area contributed by atoms with E-state index in [-0.39, 0.29) is 30.3 Å². The Kier molecular flexibility index (Phi) is 3.36. The number of aromatic nitrogens is 2. The van der Waals surface area contributed by atoms with Crippen LogP contribution in [0.15, 0.2) is 12.4 Å². The molecule has 2 aliphatic heterocycles. The van der Waals surface area contributed by atoms with E-state index in [1.54, 1.807) is 13.1 Å². The fourth-order valence-corrected chi connectivity index (χ4v) is 3.70. The molecule has 2 fully saturated rings. The number of hydrogen-bond acceptors (Lipinski definition) is 4. The Morgan fingerprint density at radius 2 is 2.21 bits per heavy atom. The molecule has 24 heavy (non-hydrogen) atoms. The van der Waals surface area contributed by atoms with Crippen molar-refractivity contribution >= 4 is 17.8 Å². The molecular weight excluding hydrogens is 310 g/mol. The number of carbonyl (C=O) groups excluding carboxylic acids is 3. The predicted octanol–water partition coefficient (Wildman–Crippen LogP) is 0.0346. The van der Waals surface area contributed by atoms with Gasteiger partial charge in [-0.1, -0.05) is 0 Å². The number of hydrogen-bond donors (Lipinski definition) is 2. The third-order valence-electron chi connectivity index (χ3n) is 5.30. The van der Waals surface area contributed by atoms with Crippen molar-refractivity contribution in [2.75, 3.05) is 6.54 Å². The highest BCUT2D eigenvalue weighted by Crippen LogP contribution is 2.42. The van der Waals surface area contributed by atoms with Gasteiger partial charge in [-0.05, 0) is 32.1 Å². The van der Waals surface area contributed by atoms with Crippen LogP contribution in [0.2, 0.25) is 0 Å². The van der Waals surface area contributed by atoms with E-state index in [0.717, 1.165) is 36.4 Å². The molecule has 1 aromatic heterocycles. The molecule has 0 spiro atoms. The zero-order valence-electron chi connectivity index (χ0n) is 13.6. The summed E-state index contributed by atoms with van der Waals surface area (Å²) in [5.41, 5.74) is -0.839. The molecule has 4 amide bonds. The molecule has 128 valence electrons. The van der Waals surface area contributed by atoms with Crippen LogP contribution in [0.1, 0.15) is 32.0 Å². The highest BCUT2D eigenvalue weighted by atomic mass is 16.2. The van der Waals surface area contributed by atoms with Gasteiger partial charge in [0.05, 0.1) is 0 Å². The Balaban J connectivity index is 1.36. The average Bonchev–Trinajstić information content (AvgIpc) is 3.26. The van der Waals surface area contributed by atoms with Crippen molar-refractivity contribution in [2.45, 2.75) is 50.7 Å². The summed E-state index contributed by atoms with van der Waals surface area (Å²) in [6, 6.07) is -0.472. The molecular formula is C16H21N5O3. The topological polar surface area (TPSA) is 96.3 Å². The number of rotatable bonds is 4. The minimum atomic E-state index is -0.839. The first-order chi connectivity index (χ1) is 11.5. The molecule has 2 atom stereocenters. The van der Waals surface area contributed by atoms with Crippen molar-refractivity contribution < 1.29 is 14.4 Å². The van der Waals surface area contributed by atoms with Crippen molar-refractivity contribution in [1.82, 2.24) is 25.1 Å². The molecule has 0 bridgehead atoms. The van der Waals surface area contributed by atoms with Crippen LogP contribution in [0.5, 0.6) is 0 Å². The van der Waals surface area contributed by atoms with Crippen molar-refractivity contribution in [2.24, 2.45) is 5.92 Å². The smallest absolute Gasteiger partial charge is 0.325 e. The summed E-state index contributed by atoms with van der Waals surface area (Å²) in [4.78, 5) is 42.2. The van der Waals surface area contributed by atoms with E-state index in [4.69, 9.17) is 0 Å². The molecule has 0 aromatic carbocycles. The zero-order valence-corrected chi connectivity index (χ0v) is 13.6. The van der Waals surface area contributed by atoms with Crippen LogP contribution in [0.25, 0.3) is 0 Å². The molecule has 1 saturated heterocycles. The fraction of sp³-hybridized carbons (Fsp3) is 0.625. The Morgan fingerprint density at radius 1 is 1.42 bits per heavy atom. The summed E-state index contributed by atoms with van der Waals surface area (Å²) in [5, 5.41) is 5.68. The summed E-state index contributed by atoms with van der Waals surface area (Å²) in [6.07, 6.45) is 7.15. The number of amides is 4. The Bertz CT molecular complexity index is 710. The molecule has 1 aromatic rings. The normalized spacial score (nSPS) is 29.4. The number of aryl methyl sites for hydroxylation is 1. The first-order valence-corrected chi connectivity index (χ1v) is 8.41. The van der Waals surface area contributed by atoms with Crippen molar-refractivity contribution in [3.8, 4) is 0 Å². The number of urea groups is 1. The van der Waals surface area contributed by atoms with Gasteiger partial charge < -0.3 is 15.2 Å². The number of nitrogens with one attached hydrogen (secondary N) is 2. The minimum Gasteiger partial charge on any atom is -0.350 e. The number of imidazole rings is 1. The van der Waals surface area contributed by atoms with E-state index in [0.29, 0.717) is 6.54 Å². The molecule has 1 saturated carbocycles. The van der Waals surface area contributed by atoms with Crippen molar-refractivity contribution in [3.63, 3.8) is 0 Å². The Morgan fingerprint density at radius 3 is 2.96 bits per heavy atom. The average molecular weight is 331 g/mol. The van der Waals surface area contributed by atoms with Crippen LogP contribution in [-0.4, -0.2) is 50.4 Å². The lowest BCUT2D eigenvalue weighted by molar-refractivity contribution is -0.135. The van der Waals surface area contributed by atoms with Crippen molar-refractivity contribution in [3.05, 3.63) is 18.2 Å². The van der Waals surface area contributed by atoms with E-state index < -0.39 is 11.6 Å². The Labute approximate surface area is 139 Å². The molecule has 8 nitrogen and oxygen atoms in total. The third kappa shape index (κ3) is 2.46. The largest absolute Gasteiger partial charge is 0.350 e. The van der Waals surface area contributed by atoms with E-state index in [1.165, 1.54) is 0 Å². The van der Waals surface area contributed by atoms with E-state index in [1.807, 2.05) is 10.8 Å². The van der Waals surface area contributed by atoms with Gasteiger partial charge in [0, 0.05) is 31.4 Å². The van der Waals surface area contributed by atoms with Crippen LogP contribution in [-0.2, 0) is 22.6 Å². The zero-order chi connectivity index (χ0) is 16.9. The first-order valence-electron chi connectivity index (χ1n) is 8.41. The van der Waals surface area contributed by atoms with Gasteiger partial charge in [0.1, 0.15) is 17.9 Å². The number of imide groups is 1. The van der Waals surface area contributed by atoms with Gasteiger partial charge in [0.25, 0.3) is 5.91 Å². The molecule has 3 aliphatic rings. The highest BCUT2D eigenvalue weighted by Gasteiger charge is 2.56. The fourth-order valence-electron chi connectivity index (χ4n) is 3.70. The van der Waals surface area contributed by atoms with E-state index in [2.05, 4.69) is 15.6 Å². The van der Waals surface area contributed by atoms with Gasteiger partial charge in [0.2, 0.25) is 5.91 Å². The van der Waals surface area contributed by atoms with Crippen LogP contribution in [0.3, 0.4) is 0 Å². The summed E-state index contributed by atoms with van der Waals surface area (Å²) >= 11 is 0. The van der Waals surface area contributed by atoms with Gasteiger partial charge in [-0.3, -0.25) is 14.5 Å². The van der Waals surface area contributed by atoms with Gasteiger partial charge >= 0.3 is 6.03 Å². The molecule has 8 heteroatoms. The van der Waals surface area contributed by atoms with E-state index >= 15 is 0 Å². The lowest BCUT2D eigenvalue weighted by Crippen LogP contribution is -2.48. The summed E-state index contributed by atoms with van der Waals surface area (Å²) < 4.78 is 2.02. The molecule has 4 rings (SSSR count). The number of nitrogens with zero attached hydrogens (tertiary/aromatic N) is 3. The van der Waals surface area contributed by atoms with Crippen LogP contribution >= 0.6 is 0 Å². The lowest BCUT2D eigenvalue weighted by atomic mass is 9.96. The predicted molar refractivity (Wildman–Crippen MR) is 83.9 cm³/mol. The molecule has 0 unspecified atom stereocenters. The Hall–Kier alpha value is -2.38. The van der Waals surface area contributed by atoms with Crippen LogP contribution < -0.4 is 10.6 Å². The maximum absolute atomic E-state index is 12.5. The van der Waals surface area contributed by atoms with Crippen molar-refractivity contribution in [1.29, 1.82) is 0 Å². The SMILES string of the molecule is C[C@]1(C2CC2)NC(=O)N(CC(=O)N[C@H]2CCc3nccn3C2)C1=O. The van der Waals surface area contributed by atoms with Crippen LogP contribution in [0, 0.1) is 5.92 Å². The highest BCUT2D eigenvalue weighted by molar-refractivity contribution is 6.09. The van der Waals surface area contributed by atoms with Gasteiger partial charge in [0.15, 0.2) is 0 Å². The maximum atomic E-state index is 12.5. The second kappa shape index (κ2) is 5.32. The standard InChI is InChI=1S/C16H21N5O3/c1-16(10-2-3-10)14(23)21(15(24)19-16)9-13(22)18-11-4-5-12-17-6-7-20(12)8-11/h6-7,10-11H,2-5,8-9H2,1H3,(H,18,22)(H,19,24)/t11-,16+/m0/s1. The van der Waals surface area contributed by atoms with E-state index in [9.17, 15) is 14.4 Å². The summed E-state index contributed by atoms with van der Waals surface area (Å²) in [7, 11) is 0. The van der Waals surface area contributed by atoms with Gasteiger partial charge in [-0.25, -0.2) is 9.78 Å². The second-order valence-corrected chi connectivity index (χ2v) is 7.10. The molecule has 0 radical (unpaired) electrons. The third-order valence-corrected chi connectivity index (χ3v) is 5.30. The van der Waals surface area contributed by atoms with Gasteiger partial charge in [-0.15, -0.1) is 0 Å².